The lowest BCUT2D eigenvalue weighted by Gasteiger charge is -2.14. The summed E-state index contributed by atoms with van der Waals surface area (Å²) in [7, 11) is -6.50. The molecule has 0 spiro atoms. The van der Waals surface area contributed by atoms with Crippen LogP contribution >= 0.6 is 0 Å². The van der Waals surface area contributed by atoms with Gasteiger partial charge in [-0.15, -0.1) is 0 Å². The molecule has 20 heavy (non-hydrogen) atoms. The van der Waals surface area contributed by atoms with E-state index in [9.17, 15) is 21.6 Å². The molecule has 1 aromatic rings. The van der Waals surface area contributed by atoms with Gasteiger partial charge >= 0.3 is 0 Å². The fourth-order valence-electron chi connectivity index (χ4n) is 1.30. The number of nitrogens with zero attached hydrogens (tertiary/aromatic N) is 2. The number of rotatable bonds is 5. The smallest absolute Gasteiger partial charge is 0.272 e. The van der Waals surface area contributed by atoms with Gasteiger partial charge in [-0.1, -0.05) is 6.07 Å². The molecule has 0 saturated carbocycles. The maximum atomic E-state index is 11.9. The van der Waals surface area contributed by atoms with Crippen LogP contribution in [0.25, 0.3) is 0 Å². The van der Waals surface area contributed by atoms with E-state index in [1.165, 1.54) is 26.2 Å². The Morgan fingerprint density at radius 3 is 2.45 bits per heavy atom. The lowest BCUT2D eigenvalue weighted by molar-refractivity contribution is -0.119. The molecule has 0 unspecified atom stereocenters. The number of aromatic nitrogens is 1. The van der Waals surface area contributed by atoms with Crippen molar-refractivity contribution in [1.29, 1.82) is 0 Å². The highest BCUT2D eigenvalue weighted by Crippen LogP contribution is 2.10. The van der Waals surface area contributed by atoms with Crippen molar-refractivity contribution >= 4 is 26.0 Å². The lowest BCUT2D eigenvalue weighted by atomic mass is 10.3. The van der Waals surface area contributed by atoms with Gasteiger partial charge in [0.1, 0.15) is 0 Å². The molecule has 1 amide bonds. The van der Waals surface area contributed by atoms with Gasteiger partial charge in [-0.05, 0) is 18.6 Å². The van der Waals surface area contributed by atoms with Gasteiger partial charge in [0.05, 0.1) is 12.8 Å². The van der Waals surface area contributed by atoms with Crippen molar-refractivity contribution in [3.63, 3.8) is 0 Å². The summed E-state index contributed by atoms with van der Waals surface area (Å²) in [5, 5.41) is -0.268. The number of nitrogens with one attached hydrogen (secondary N) is 1. The first kappa shape index (κ1) is 16.5. The van der Waals surface area contributed by atoms with E-state index in [2.05, 4.69) is 4.98 Å². The van der Waals surface area contributed by atoms with Gasteiger partial charge in [0.2, 0.25) is 15.9 Å². The molecular weight excluding hydrogens is 306 g/mol. The highest BCUT2D eigenvalue weighted by Gasteiger charge is 2.23. The minimum absolute atomic E-state index is 0.268. The van der Waals surface area contributed by atoms with E-state index < -0.39 is 32.5 Å². The maximum absolute atomic E-state index is 11.9. The molecule has 0 aliphatic heterocycles. The van der Waals surface area contributed by atoms with Gasteiger partial charge in [-0.25, -0.2) is 18.1 Å². The van der Waals surface area contributed by atoms with Gasteiger partial charge in [-0.3, -0.25) is 4.79 Å². The fraction of sp³-hybridized carbons (Fsp3) is 0.400. The number of hydrogen-bond acceptors (Lipinski definition) is 6. The Hall–Kier alpha value is -1.52. The molecule has 1 aromatic heterocycles. The molecule has 8 nitrogen and oxygen atoms in total. The van der Waals surface area contributed by atoms with E-state index in [0.717, 1.165) is 10.6 Å². The van der Waals surface area contributed by atoms with Crippen LogP contribution in [0.5, 0.6) is 0 Å². The first-order valence-corrected chi connectivity index (χ1v) is 8.76. The number of amides is 1. The number of pyridine rings is 1. The minimum atomic E-state index is -4.11. The van der Waals surface area contributed by atoms with Gasteiger partial charge in [0.15, 0.2) is 5.03 Å². The van der Waals surface area contributed by atoms with Crippen LogP contribution in [0.2, 0.25) is 0 Å². The van der Waals surface area contributed by atoms with Crippen molar-refractivity contribution in [3.8, 4) is 0 Å². The van der Waals surface area contributed by atoms with E-state index in [0.29, 0.717) is 5.56 Å². The Bertz CT molecular complexity index is 712. The maximum Gasteiger partial charge on any atom is 0.281 e. The molecule has 10 heteroatoms. The minimum Gasteiger partial charge on any atom is -0.272 e. The van der Waals surface area contributed by atoms with E-state index in [4.69, 9.17) is 0 Å². The molecule has 0 saturated heterocycles. The van der Waals surface area contributed by atoms with Gasteiger partial charge in [-0.2, -0.15) is 12.7 Å². The monoisotopic (exact) mass is 321 g/mol. The van der Waals surface area contributed by atoms with Gasteiger partial charge < -0.3 is 0 Å². The Morgan fingerprint density at radius 1 is 1.35 bits per heavy atom. The first-order valence-electron chi connectivity index (χ1n) is 5.42. The third-order valence-corrected chi connectivity index (χ3v) is 5.09. The summed E-state index contributed by atoms with van der Waals surface area (Å²) in [5.74, 6) is -0.956. The highest BCUT2D eigenvalue weighted by molar-refractivity contribution is 7.90. The second-order valence-electron chi connectivity index (χ2n) is 4.17. The number of carbonyl (C=O) groups is 1. The summed E-state index contributed by atoms with van der Waals surface area (Å²) in [6.45, 7) is 0.943. The quantitative estimate of drug-likeness (QED) is 0.751. The molecule has 0 atom stereocenters. The number of aryl methyl sites for hydroxylation is 1. The van der Waals surface area contributed by atoms with Crippen LogP contribution in [-0.2, 0) is 24.8 Å². The Labute approximate surface area is 117 Å². The van der Waals surface area contributed by atoms with Gasteiger partial charge in [0.25, 0.3) is 10.0 Å². The van der Waals surface area contributed by atoms with Crippen molar-refractivity contribution in [2.45, 2.75) is 11.9 Å². The Balaban J connectivity index is 2.88. The predicted molar refractivity (Wildman–Crippen MR) is 71.8 cm³/mol. The molecule has 0 aliphatic carbocycles. The van der Waals surface area contributed by atoms with Crippen LogP contribution in [0.15, 0.2) is 23.4 Å². The zero-order valence-corrected chi connectivity index (χ0v) is 12.8. The molecule has 0 radical (unpaired) electrons. The Kier molecular flexibility index (Phi) is 4.84. The third kappa shape index (κ3) is 4.25. The lowest BCUT2D eigenvalue weighted by Crippen LogP contribution is -2.40. The van der Waals surface area contributed by atoms with Crippen LogP contribution < -0.4 is 4.72 Å². The number of hydrogen-bond donors (Lipinski definition) is 1. The first-order chi connectivity index (χ1) is 9.04. The van der Waals surface area contributed by atoms with E-state index in [1.54, 1.807) is 10.8 Å². The molecule has 1 rings (SSSR count). The van der Waals surface area contributed by atoms with E-state index in [-0.39, 0.29) is 5.03 Å². The summed E-state index contributed by atoms with van der Waals surface area (Å²) in [6, 6.07) is 3.10. The molecule has 0 aliphatic rings. The summed E-state index contributed by atoms with van der Waals surface area (Å²) in [5.41, 5.74) is 0.379. The average molecular weight is 321 g/mol. The molecule has 0 aromatic carbocycles. The molecular formula is C10H15N3O5S2. The molecule has 1 heterocycles. The van der Waals surface area contributed by atoms with E-state index >= 15 is 0 Å². The van der Waals surface area contributed by atoms with Crippen molar-refractivity contribution in [2.75, 3.05) is 19.8 Å². The largest absolute Gasteiger partial charge is 0.281 e. The second-order valence-corrected chi connectivity index (χ2v) is 7.86. The summed E-state index contributed by atoms with van der Waals surface area (Å²) >= 11 is 0. The summed E-state index contributed by atoms with van der Waals surface area (Å²) < 4.78 is 48.7. The third-order valence-electron chi connectivity index (χ3n) is 2.40. The van der Waals surface area contributed by atoms with Crippen molar-refractivity contribution < 1.29 is 21.6 Å². The van der Waals surface area contributed by atoms with Crippen LogP contribution in [0.1, 0.15) is 5.56 Å². The zero-order valence-electron chi connectivity index (χ0n) is 11.2. The number of sulfonamides is 2. The van der Waals surface area contributed by atoms with Crippen LogP contribution in [0, 0.1) is 6.92 Å². The van der Waals surface area contributed by atoms with Crippen LogP contribution in [-0.4, -0.2) is 51.9 Å². The number of likely N-dealkylation sites (N-methyl/N-ethyl adjacent to an activating group) is 1. The standard InChI is InChI=1S/C10H15N3O5S2/c1-8-5-4-6-11-10(8)20(17,18)12-9(14)7-13(2)19(3,15)16/h4-6H,7H2,1-3H3,(H,12,14). The van der Waals surface area contributed by atoms with Gasteiger partial charge in [0, 0.05) is 13.2 Å². The second kappa shape index (κ2) is 5.85. The zero-order chi connectivity index (χ0) is 15.6. The normalized spacial score (nSPS) is 12.4. The van der Waals surface area contributed by atoms with Crippen molar-refractivity contribution in [3.05, 3.63) is 23.9 Å². The average Bonchev–Trinajstić information content (AvgIpc) is 2.26. The molecule has 112 valence electrons. The fourth-order valence-corrected chi connectivity index (χ4v) is 2.81. The molecule has 0 fully saturated rings. The predicted octanol–water partition coefficient (Wildman–Crippen LogP) is -0.914. The summed E-state index contributed by atoms with van der Waals surface area (Å²) in [4.78, 5) is 15.3. The van der Waals surface area contributed by atoms with Crippen molar-refractivity contribution in [2.24, 2.45) is 0 Å². The topological polar surface area (TPSA) is 114 Å². The van der Waals surface area contributed by atoms with Crippen LogP contribution in [0.3, 0.4) is 0 Å². The van der Waals surface area contributed by atoms with Crippen LogP contribution in [0.4, 0.5) is 0 Å². The van der Waals surface area contributed by atoms with E-state index in [1.807, 2.05) is 0 Å². The SMILES string of the molecule is Cc1cccnc1S(=O)(=O)NC(=O)CN(C)S(C)(=O)=O. The summed E-state index contributed by atoms with van der Waals surface area (Å²) in [6.07, 6.45) is 2.20. The highest BCUT2D eigenvalue weighted by atomic mass is 32.2. The van der Waals surface area contributed by atoms with Crippen molar-refractivity contribution in [1.82, 2.24) is 14.0 Å². The molecule has 1 N–H and O–H groups in total. The number of carbonyl (C=O) groups excluding carboxylic acids is 1. The molecule has 0 bridgehead atoms. The Morgan fingerprint density at radius 2 is 1.95 bits per heavy atom.